The third-order valence-electron chi connectivity index (χ3n) is 6.28. The van der Waals surface area contributed by atoms with Gasteiger partial charge in [0.15, 0.2) is 0 Å². The highest BCUT2D eigenvalue weighted by molar-refractivity contribution is 5.66. The molecule has 5 heteroatoms. The summed E-state index contributed by atoms with van der Waals surface area (Å²) in [7, 11) is 0. The SMILES string of the molecule is Cc1cccc(N2CCN(c3ccnc(N4CCc5ccccc54)n3)CC2)c1C. The zero-order valence-corrected chi connectivity index (χ0v) is 17.2. The molecular formula is C24H27N5. The summed E-state index contributed by atoms with van der Waals surface area (Å²) in [6.07, 6.45) is 2.95. The van der Waals surface area contributed by atoms with Gasteiger partial charge in [-0.2, -0.15) is 4.98 Å². The number of rotatable bonds is 3. The van der Waals surface area contributed by atoms with Crippen LogP contribution in [0.25, 0.3) is 0 Å². The van der Waals surface area contributed by atoms with Crippen LogP contribution >= 0.6 is 0 Å². The third-order valence-corrected chi connectivity index (χ3v) is 6.28. The maximum absolute atomic E-state index is 4.93. The maximum atomic E-state index is 4.93. The van der Waals surface area contributed by atoms with Crippen LogP contribution < -0.4 is 14.7 Å². The number of benzene rings is 2. The summed E-state index contributed by atoms with van der Waals surface area (Å²) in [4.78, 5) is 16.6. The Hall–Kier alpha value is -3.08. The number of aromatic nitrogens is 2. The van der Waals surface area contributed by atoms with Crippen LogP contribution in [0.15, 0.2) is 54.7 Å². The van der Waals surface area contributed by atoms with E-state index < -0.39 is 0 Å². The molecule has 5 rings (SSSR count). The standard InChI is InChI=1S/C24H27N5/c1-18-6-5-9-21(19(18)2)27-14-16-28(17-15-27)23-10-12-25-24(26-23)29-13-11-20-7-3-4-8-22(20)29/h3-10,12H,11,13-17H2,1-2H3. The normalized spacial score (nSPS) is 16.3. The Morgan fingerprint density at radius 1 is 0.759 bits per heavy atom. The molecule has 1 aromatic heterocycles. The minimum atomic E-state index is 0.810. The average Bonchev–Trinajstić information content (AvgIpc) is 3.20. The zero-order valence-electron chi connectivity index (χ0n) is 17.2. The van der Waals surface area contributed by atoms with Crippen molar-refractivity contribution >= 4 is 23.1 Å². The summed E-state index contributed by atoms with van der Waals surface area (Å²) in [5.74, 6) is 1.84. The number of aryl methyl sites for hydroxylation is 1. The molecule has 0 unspecified atom stereocenters. The summed E-state index contributed by atoms with van der Waals surface area (Å²) < 4.78 is 0. The molecule has 0 bridgehead atoms. The van der Waals surface area contributed by atoms with Crippen LogP contribution in [-0.4, -0.2) is 42.7 Å². The number of hydrogen-bond acceptors (Lipinski definition) is 5. The number of piperazine rings is 1. The molecule has 0 spiro atoms. The first-order chi connectivity index (χ1) is 14.2. The summed E-state index contributed by atoms with van der Waals surface area (Å²) in [6, 6.07) is 17.2. The molecule has 1 saturated heterocycles. The molecule has 3 aromatic rings. The first kappa shape index (κ1) is 18.0. The van der Waals surface area contributed by atoms with Gasteiger partial charge in [0.25, 0.3) is 0 Å². The molecule has 0 aliphatic carbocycles. The fourth-order valence-electron chi connectivity index (χ4n) is 4.45. The van der Waals surface area contributed by atoms with Crippen molar-refractivity contribution in [1.29, 1.82) is 0 Å². The van der Waals surface area contributed by atoms with Crippen LogP contribution in [-0.2, 0) is 6.42 Å². The van der Waals surface area contributed by atoms with Crippen LogP contribution in [0.5, 0.6) is 0 Å². The van der Waals surface area contributed by atoms with Crippen molar-refractivity contribution in [2.45, 2.75) is 20.3 Å². The molecule has 0 radical (unpaired) electrons. The Morgan fingerprint density at radius 2 is 1.52 bits per heavy atom. The molecule has 0 atom stereocenters. The molecule has 29 heavy (non-hydrogen) atoms. The second kappa shape index (κ2) is 7.39. The van der Waals surface area contributed by atoms with Crippen molar-refractivity contribution in [3.8, 4) is 0 Å². The molecule has 2 aliphatic rings. The van der Waals surface area contributed by atoms with E-state index in [0.29, 0.717) is 0 Å². The molecular weight excluding hydrogens is 358 g/mol. The predicted octanol–water partition coefficient (Wildman–Crippen LogP) is 4.11. The van der Waals surface area contributed by atoms with E-state index in [0.717, 1.165) is 50.9 Å². The average molecular weight is 386 g/mol. The van der Waals surface area contributed by atoms with Crippen molar-refractivity contribution in [2.24, 2.45) is 0 Å². The van der Waals surface area contributed by atoms with Gasteiger partial charge in [-0.3, -0.25) is 0 Å². The second-order valence-corrected chi connectivity index (χ2v) is 7.94. The molecule has 5 nitrogen and oxygen atoms in total. The van der Waals surface area contributed by atoms with E-state index in [1.807, 2.05) is 12.3 Å². The molecule has 3 heterocycles. The highest BCUT2D eigenvalue weighted by Gasteiger charge is 2.24. The quantitative estimate of drug-likeness (QED) is 0.678. The van der Waals surface area contributed by atoms with Crippen LogP contribution in [0.2, 0.25) is 0 Å². The Morgan fingerprint density at radius 3 is 2.38 bits per heavy atom. The molecule has 148 valence electrons. The Labute approximate surface area is 172 Å². The second-order valence-electron chi connectivity index (χ2n) is 7.94. The van der Waals surface area contributed by atoms with Gasteiger partial charge in [-0.25, -0.2) is 4.98 Å². The van der Waals surface area contributed by atoms with Crippen LogP contribution in [0.1, 0.15) is 16.7 Å². The number of hydrogen-bond donors (Lipinski definition) is 0. The maximum Gasteiger partial charge on any atom is 0.231 e. The summed E-state index contributed by atoms with van der Waals surface area (Å²) >= 11 is 0. The molecule has 2 aliphatic heterocycles. The first-order valence-corrected chi connectivity index (χ1v) is 10.5. The largest absolute Gasteiger partial charge is 0.368 e. The lowest BCUT2D eigenvalue weighted by Gasteiger charge is -2.37. The molecule has 2 aromatic carbocycles. The number of para-hydroxylation sites is 1. The molecule has 0 amide bonds. The monoisotopic (exact) mass is 385 g/mol. The van der Waals surface area contributed by atoms with E-state index in [9.17, 15) is 0 Å². The fourth-order valence-corrected chi connectivity index (χ4v) is 4.45. The van der Waals surface area contributed by atoms with Gasteiger partial charge in [0.2, 0.25) is 5.95 Å². The fraction of sp³-hybridized carbons (Fsp3) is 0.333. The van der Waals surface area contributed by atoms with Gasteiger partial charge in [0.1, 0.15) is 5.82 Å². The van der Waals surface area contributed by atoms with Gasteiger partial charge >= 0.3 is 0 Å². The van der Waals surface area contributed by atoms with E-state index in [-0.39, 0.29) is 0 Å². The van der Waals surface area contributed by atoms with Crippen LogP contribution in [0.3, 0.4) is 0 Å². The lowest BCUT2D eigenvalue weighted by Crippen LogP contribution is -2.47. The molecule has 0 saturated carbocycles. The molecule has 0 N–H and O–H groups in total. The van der Waals surface area contributed by atoms with Crippen molar-refractivity contribution in [3.63, 3.8) is 0 Å². The lowest BCUT2D eigenvalue weighted by atomic mass is 10.1. The third kappa shape index (κ3) is 3.31. The minimum absolute atomic E-state index is 0.810. The van der Waals surface area contributed by atoms with Gasteiger partial charge < -0.3 is 14.7 Å². The summed E-state index contributed by atoms with van der Waals surface area (Å²) in [6.45, 7) is 9.33. The van der Waals surface area contributed by atoms with Gasteiger partial charge in [-0.1, -0.05) is 30.3 Å². The topological polar surface area (TPSA) is 35.5 Å². The highest BCUT2D eigenvalue weighted by Crippen LogP contribution is 2.33. The van der Waals surface area contributed by atoms with E-state index in [2.05, 4.69) is 76.0 Å². The molecule has 1 fully saturated rings. The summed E-state index contributed by atoms with van der Waals surface area (Å²) in [5, 5.41) is 0. The predicted molar refractivity (Wildman–Crippen MR) is 120 cm³/mol. The van der Waals surface area contributed by atoms with Crippen molar-refractivity contribution in [3.05, 3.63) is 71.4 Å². The number of fused-ring (bicyclic) bond motifs is 1. The first-order valence-electron chi connectivity index (χ1n) is 10.5. The van der Waals surface area contributed by atoms with Crippen molar-refractivity contribution in [2.75, 3.05) is 47.4 Å². The van der Waals surface area contributed by atoms with E-state index in [1.165, 1.54) is 28.1 Å². The van der Waals surface area contributed by atoms with Crippen LogP contribution in [0.4, 0.5) is 23.1 Å². The van der Waals surface area contributed by atoms with Gasteiger partial charge in [-0.15, -0.1) is 0 Å². The lowest BCUT2D eigenvalue weighted by molar-refractivity contribution is 0.645. The van der Waals surface area contributed by atoms with Crippen molar-refractivity contribution in [1.82, 2.24) is 9.97 Å². The minimum Gasteiger partial charge on any atom is -0.368 e. The van der Waals surface area contributed by atoms with E-state index in [1.54, 1.807) is 0 Å². The summed E-state index contributed by atoms with van der Waals surface area (Å²) in [5.41, 5.74) is 6.73. The Bertz CT molecular complexity index is 1020. The smallest absolute Gasteiger partial charge is 0.231 e. The Kier molecular flexibility index (Phi) is 4.58. The van der Waals surface area contributed by atoms with Crippen molar-refractivity contribution < 1.29 is 0 Å². The van der Waals surface area contributed by atoms with E-state index in [4.69, 9.17) is 4.98 Å². The number of anilines is 4. The Balaban J connectivity index is 1.32. The van der Waals surface area contributed by atoms with Gasteiger partial charge in [0, 0.05) is 50.3 Å². The van der Waals surface area contributed by atoms with Gasteiger partial charge in [0.05, 0.1) is 0 Å². The van der Waals surface area contributed by atoms with E-state index >= 15 is 0 Å². The van der Waals surface area contributed by atoms with Crippen LogP contribution in [0, 0.1) is 13.8 Å². The highest BCUT2D eigenvalue weighted by atomic mass is 15.3. The number of nitrogens with zero attached hydrogens (tertiary/aromatic N) is 5. The van der Waals surface area contributed by atoms with Gasteiger partial charge in [-0.05, 0) is 55.2 Å². The zero-order chi connectivity index (χ0) is 19.8.